The lowest BCUT2D eigenvalue weighted by Gasteiger charge is -2.35. The molecule has 0 radical (unpaired) electrons. The second-order valence-electron chi connectivity index (χ2n) is 6.81. The number of aliphatic hydroxyl groups is 1. The van der Waals surface area contributed by atoms with Gasteiger partial charge in [-0.15, -0.1) is 0 Å². The molecule has 6 nitrogen and oxygen atoms in total. The van der Waals surface area contributed by atoms with Gasteiger partial charge < -0.3 is 25.4 Å². The van der Waals surface area contributed by atoms with Crippen molar-refractivity contribution in [3.05, 3.63) is 24.3 Å². The Bertz CT molecular complexity index is 584. The van der Waals surface area contributed by atoms with Crippen LogP contribution in [0.25, 0.3) is 0 Å². The lowest BCUT2D eigenvalue weighted by molar-refractivity contribution is -0.0498. The zero-order valence-corrected chi connectivity index (χ0v) is 16.0. The maximum absolute atomic E-state index is 12.3. The van der Waals surface area contributed by atoms with E-state index in [-0.39, 0.29) is 24.3 Å². The maximum Gasteiger partial charge on any atom is 0.387 e. The number of hydrogen-bond donors (Lipinski definition) is 3. The summed E-state index contributed by atoms with van der Waals surface area (Å²) in [4.78, 5) is 6.77. The van der Waals surface area contributed by atoms with E-state index < -0.39 is 6.61 Å². The number of halogens is 2. The highest BCUT2D eigenvalue weighted by atomic mass is 19.3. The monoisotopic (exact) mass is 384 g/mol. The standard InChI is InChI=1S/C19H30F2N4O2/c1-3-22-19(23-11-14(2)13-26)24-15-5-4-10-25(12-15)16-6-8-17(9-7-16)27-18(20)21/h6-9,14-15,18,26H,3-5,10-13H2,1-2H3,(H2,22,23,24). The van der Waals surface area contributed by atoms with Crippen LogP contribution in [0.5, 0.6) is 5.75 Å². The van der Waals surface area contributed by atoms with Gasteiger partial charge in [0.15, 0.2) is 5.96 Å². The van der Waals surface area contributed by atoms with E-state index in [1.807, 2.05) is 26.0 Å². The van der Waals surface area contributed by atoms with E-state index in [1.165, 1.54) is 0 Å². The van der Waals surface area contributed by atoms with Gasteiger partial charge in [-0.05, 0) is 49.9 Å². The third-order valence-corrected chi connectivity index (χ3v) is 4.41. The third-order valence-electron chi connectivity index (χ3n) is 4.41. The van der Waals surface area contributed by atoms with Gasteiger partial charge in [0.05, 0.1) is 0 Å². The number of nitrogens with zero attached hydrogens (tertiary/aromatic N) is 2. The van der Waals surface area contributed by atoms with Crippen LogP contribution in [0, 0.1) is 5.92 Å². The molecule has 2 atom stereocenters. The van der Waals surface area contributed by atoms with E-state index in [9.17, 15) is 8.78 Å². The number of nitrogens with one attached hydrogen (secondary N) is 2. The molecule has 152 valence electrons. The number of aliphatic imine (C=N–C) groups is 1. The van der Waals surface area contributed by atoms with Crippen molar-refractivity contribution in [1.82, 2.24) is 10.6 Å². The molecule has 0 aliphatic carbocycles. The van der Waals surface area contributed by atoms with Gasteiger partial charge in [-0.1, -0.05) is 6.92 Å². The van der Waals surface area contributed by atoms with Crippen LogP contribution in [0.15, 0.2) is 29.3 Å². The van der Waals surface area contributed by atoms with Gasteiger partial charge in [-0.25, -0.2) is 0 Å². The van der Waals surface area contributed by atoms with Crippen molar-refractivity contribution >= 4 is 11.6 Å². The topological polar surface area (TPSA) is 69.1 Å². The summed E-state index contributed by atoms with van der Waals surface area (Å²) in [6.45, 7) is 4.33. The molecule has 2 rings (SSSR count). The summed E-state index contributed by atoms with van der Waals surface area (Å²) in [6.07, 6.45) is 2.06. The highest BCUT2D eigenvalue weighted by Gasteiger charge is 2.21. The molecule has 3 N–H and O–H groups in total. The van der Waals surface area contributed by atoms with Crippen LogP contribution in [0.2, 0.25) is 0 Å². The number of anilines is 1. The number of alkyl halides is 2. The zero-order valence-electron chi connectivity index (χ0n) is 16.0. The number of aliphatic hydroxyl groups excluding tert-OH is 1. The Labute approximate surface area is 159 Å². The Kier molecular flexibility index (Phi) is 8.57. The summed E-state index contributed by atoms with van der Waals surface area (Å²) in [5, 5.41) is 15.9. The molecule has 1 saturated heterocycles. The van der Waals surface area contributed by atoms with Gasteiger partial charge in [0.2, 0.25) is 0 Å². The van der Waals surface area contributed by atoms with Crippen LogP contribution in [0.4, 0.5) is 14.5 Å². The lowest BCUT2D eigenvalue weighted by Crippen LogP contribution is -2.51. The minimum absolute atomic E-state index is 0.116. The van der Waals surface area contributed by atoms with Gasteiger partial charge in [0.25, 0.3) is 0 Å². The first-order chi connectivity index (χ1) is 13.0. The fraction of sp³-hybridized carbons (Fsp3) is 0.632. The van der Waals surface area contributed by atoms with E-state index in [0.29, 0.717) is 6.54 Å². The van der Waals surface area contributed by atoms with Crippen molar-refractivity contribution in [3.63, 3.8) is 0 Å². The quantitative estimate of drug-likeness (QED) is 0.474. The molecule has 0 saturated carbocycles. The molecule has 0 bridgehead atoms. The summed E-state index contributed by atoms with van der Waals surface area (Å²) >= 11 is 0. The molecule has 1 aromatic rings. The number of hydrogen-bond acceptors (Lipinski definition) is 4. The van der Waals surface area contributed by atoms with Gasteiger partial charge in [-0.2, -0.15) is 8.78 Å². The van der Waals surface area contributed by atoms with Crippen molar-refractivity contribution in [2.24, 2.45) is 10.9 Å². The van der Waals surface area contributed by atoms with Gasteiger partial charge in [0.1, 0.15) is 5.75 Å². The summed E-state index contributed by atoms with van der Waals surface area (Å²) < 4.78 is 29.0. The molecule has 0 aromatic heterocycles. The molecule has 8 heteroatoms. The fourth-order valence-electron chi connectivity index (χ4n) is 2.99. The van der Waals surface area contributed by atoms with Gasteiger partial charge >= 0.3 is 6.61 Å². The number of piperidine rings is 1. The first kappa shape index (κ1) is 21.2. The van der Waals surface area contributed by atoms with E-state index >= 15 is 0 Å². The molecule has 1 aliphatic rings. The third kappa shape index (κ3) is 7.21. The van der Waals surface area contributed by atoms with Gasteiger partial charge in [0, 0.05) is 44.5 Å². The van der Waals surface area contributed by atoms with Gasteiger partial charge in [-0.3, -0.25) is 4.99 Å². The minimum Gasteiger partial charge on any atom is -0.435 e. The average Bonchev–Trinajstić information content (AvgIpc) is 2.66. The average molecular weight is 384 g/mol. The number of guanidine groups is 1. The van der Waals surface area contributed by atoms with E-state index in [4.69, 9.17) is 5.11 Å². The molecular weight excluding hydrogens is 354 g/mol. The molecule has 2 unspecified atom stereocenters. The number of ether oxygens (including phenoxy) is 1. The largest absolute Gasteiger partial charge is 0.435 e. The summed E-state index contributed by atoms with van der Waals surface area (Å²) in [5.74, 6) is 1.04. The second-order valence-corrected chi connectivity index (χ2v) is 6.81. The van der Waals surface area contributed by atoms with Crippen LogP contribution in [0.3, 0.4) is 0 Å². The molecule has 1 fully saturated rings. The Morgan fingerprint density at radius 1 is 1.37 bits per heavy atom. The fourth-order valence-corrected chi connectivity index (χ4v) is 2.99. The lowest BCUT2D eigenvalue weighted by atomic mass is 10.0. The highest BCUT2D eigenvalue weighted by Crippen LogP contribution is 2.23. The number of benzene rings is 1. The molecule has 0 spiro atoms. The smallest absolute Gasteiger partial charge is 0.387 e. The summed E-state index contributed by atoms with van der Waals surface area (Å²) in [7, 11) is 0. The maximum atomic E-state index is 12.3. The molecule has 1 heterocycles. The summed E-state index contributed by atoms with van der Waals surface area (Å²) in [6, 6.07) is 6.99. The molecular formula is C19H30F2N4O2. The highest BCUT2D eigenvalue weighted by molar-refractivity contribution is 5.80. The zero-order chi connectivity index (χ0) is 19.6. The predicted molar refractivity (Wildman–Crippen MR) is 104 cm³/mol. The Morgan fingerprint density at radius 2 is 2.11 bits per heavy atom. The summed E-state index contributed by atoms with van der Waals surface area (Å²) in [5.41, 5.74) is 0.985. The molecule has 1 aromatic carbocycles. The van der Waals surface area contributed by atoms with Crippen molar-refractivity contribution in [3.8, 4) is 5.75 Å². The van der Waals surface area contributed by atoms with Crippen LogP contribution >= 0.6 is 0 Å². The SMILES string of the molecule is CCNC(=NCC(C)CO)NC1CCCN(c2ccc(OC(F)F)cc2)C1. The second kappa shape index (κ2) is 10.9. The van der Waals surface area contributed by atoms with Crippen LogP contribution < -0.4 is 20.3 Å². The molecule has 0 amide bonds. The van der Waals surface area contributed by atoms with Crippen LogP contribution in [0.1, 0.15) is 26.7 Å². The normalized spacial score (nSPS) is 19.1. The van der Waals surface area contributed by atoms with E-state index in [1.54, 1.807) is 12.1 Å². The Balaban J connectivity index is 1.95. The van der Waals surface area contributed by atoms with Crippen LogP contribution in [-0.4, -0.2) is 56.5 Å². The predicted octanol–water partition coefficient (Wildman–Crippen LogP) is 2.44. The molecule has 1 aliphatic heterocycles. The number of rotatable bonds is 8. The van der Waals surface area contributed by atoms with Crippen molar-refractivity contribution in [2.75, 3.05) is 37.7 Å². The van der Waals surface area contributed by atoms with E-state index in [2.05, 4.69) is 25.3 Å². The van der Waals surface area contributed by atoms with Crippen molar-refractivity contribution < 1.29 is 18.6 Å². The Morgan fingerprint density at radius 3 is 2.74 bits per heavy atom. The first-order valence-electron chi connectivity index (χ1n) is 9.47. The molecule has 27 heavy (non-hydrogen) atoms. The van der Waals surface area contributed by atoms with E-state index in [0.717, 1.165) is 44.1 Å². The van der Waals surface area contributed by atoms with Crippen LogP contribution in [-0.2, 0) is 0 Å². The minimum atomic E-state index is -2.81. The Hall–Kier alpha value is -2.09. The van der Waals surface area contributed by atoms with Crippen molar-refractivity contribution in [2.45, 2.75) is 39.3 Å². The van der Waals surface area contributed by atoms with Crippen molar-refractivity contribution in [1.29, 1.82) is 0 Å². The first-order valence-corrected chi connectivity index (χ1v) is 9.47.